The summed E-state index contributed by atoms with van der Waals surface area (Å²) >= 11 is 0. The van der Waals surface area contributed by atoms with Crippen LogP contribution in [0.5, 0.6) is 11.5 Å². The molecule has 0 saturated carbocycles. The number of hydrogen-bond donors (Lipinski definition) is 1. The molecule has 1 N–H and O–H groups in total. The van der Waals surface area contributed by atoms with Crippen molar-refractivity contribution in [2.24, 2.45) is 0 Å². The minimum atomic E-state index is 0. The number of carbonyl (C=O) groups excluding carboxylic acids is 1. The van der Waals surface area contributed by atoms with E-state index in [1.807, 2.05) is 18.7 Å². The van der Waals surface area contributed by atoms with E-state index < -0.39 is 0 Å². The van der Waals surface area contributed by atoms with Gasteiger partial charge in [-0.3, -0.25) is 4.79 Å². The van der Waals surface area contributed by atoms with Gasteiger partial charge in [-0.05, 0) is 26.0 Å². The lowest BCUT2D eigenvalue weighted by molar-refractivity contribution is 0.0655. The van der Waals surface area contributed by atoms with Crippen molar-refractivity contribution in [1.29, 1.82) is 0 Å². The molecule has 1 saturated heterocycles. The van der Waals surface area contributed by atoms with Crippen LogP contribution >= 0.6 is 12.4 Å². The van der Waals surface area contributed by atoms with Crippen LogP contribution in [0.1, 0.15) is 22.8 Å². The number of benzene rings is 1. The number of ether oxygens (including phenoxy) is 2. The van der Waals surface area contributed by atoms with Gasteiger partial charge in [-0.1, -0.05) is 0 Å². The molecule has 6 heteroatoms. The maximum atomic E-state index is 12.6. The van der Waals surface area contributed by atoms with Crippen LogP contribution in [0.15, 0.2) is 12.1 Å². The molecule has 0 aromatic heterocycles. The summed E-state index contributed by atoms with van der Waals surface area (Å²) in [6.07, 6.45) is 0. The molecule has 5 nitrogen and oxygen atoms in total. The van der Waals surface area contributed by atoms with Gasteiger partial charge in [0.05, 0.1) is 14.2 Å². The van der Waals surface area contributed by atoms with Gasteiger partial charge in [0.25, 0.3) is 5.91 Å². The minimum absolute atomic E-state index is 0. The third-order valence-corrected chi connectivity index (χ3v) is 3.76. The number of carbonyl (C=O) groups is 1. The van der Waals surface area contributed by atoms with Gasteiger partial charge in [0.15, 0.2) is 0 Å². The molecule has 1 heterocycles. The summed E-state index contributed by atoms with van der Waals surface area (Å²) in [5.41, 5.74) is 1.51. The third kappa shape index (κ3) is 3.60. The summed E-state index contributed by atoms with van der Waals surface area (Å²) < 4.78 is 10.7. The maximum absolute atomic E-state index is 12.6. The van der Waals surface area contributed by atoms with Crippen LogP contribution in [0.2, 0.25) is 0 Å². The molecule has 1 amide bonds. The van der Waals surface area contributed by atoms with Gasteiger partial charge in [-0.15, -0.1) is 12.4 Å². The fraction of sp³-hybridized carbons (Fsp3) is 0.533. The SMILES string of the molecule is COc1cc(C(=O)N2CCNC[C@@H]2C)cc(OC)c1C.Cl. The lowest BCUT2D eigenvalue weighted by Gasteiger charge is -2.34. The highest BCUT2D eigenvalue weighted by molar-refractivity contribution is 5.95. The molecule has 1 atom stereocenters. The monoisotopic (exact) mass is 314 g/mol. The first-order valence-electron chi connectivity index (χ1n) is 6.82. The number of hydrogen-bond acceptors (Lipinski definition) is 4. The Morgan fingerprint density at radius 2 is 1.86 bits per heavy atom. The fourth-order valence-electron chi connectivity index (χ4n) is 2.52. The van der Waals surface area contributed by atoms with Crippen molar-refractivity contribution < 1.29 is 14.3 Å². The fourth-order valence-corrected chi connectivity index (χ4v) is 2.52. The van der Waals surface area contributed by atoms with Crippen molar-refractivity contribution in [3.05, 3.63) is 23.3 Å². The van der Waals surface area contributed by atoms with Gasteiger partial charge in [-0.25, -0.2) is 0 Å². The molecule has 0 bridgehead atoms. The number of halogens is 1. The summed E-state index contributed by atoms with van der Waals surface area (Å²) in [5.74, 6) is 1.38. The normalized spacial score (nSPS) is 17.9. The summed E-state index contributed by atoms with van der Waals surface area (Å²) in [5, 5.41) is 3.28. The van der Waals surface area contributed by atoms with Gasteiger partial charge >= 0.3 is 0 Å². The average molecular weight is 315 g/mol. The molecule has 2 rings (SSSR count). The van der Waals surface area contributed by atoms with Gasteiger partial charge < -0.3 is 19.7 Å². The highest BCUT2D eigenvalue weighted by atomic mass is 35.5. The third-order valence-electron chi connectivity index (χ3n) is 3.76. The average Bonchev–Trinajstić information content (AvgIpc) is 2.47. The molecular formula is C15H23ClN2O3. The zero-order valence-electron chi connectivity index (χ0n) is 12.9. The van der Waals surface area contributed by atoms with E-state index in [9.17, 15) is 4.79 Å². The number of methoxy groups -OCH3 is 2. The van der Waals surface area contributed by atoms with Crippen molar-refractivity contribution in [2.75, 3.05) is 33.9 Å². The predicted octanol–water partition coefficient (Wildman–Crippen LogP) is 1.87. The highest BCUT2D eigenvalue weighted by Gasteiger charge is 2.25. The smallest absolute Gasteiger partial charge is 0.254 e. The van der Waals surface area contributed by atoms with Crippen LogP contribution in [-0.2, 0) is 0 Å². The molecule has 1 aromatic carbocycles. The van der Waals surface area contributed by atoms with Gasteiger partial charge in [-0.2, -0.15) is 0 Å². The Morgan fingerprint density at radius 1 is 1.29 bits per heavy atom. The minimum Gasteiger partial charge on any atom is -0.496 e. The van der Waals surface area contributed by atoms with Crippen LogP contribution in [0.25, 0.3) is 0 Å². The van der Waals surface area contributed by atoms with Crippen LogP contribution in [0, 0.1) is 6.92 Å². The molecule has 0 unspecified atom stereocenters. The Morgan fingerprint density at radius 3 is 2.33 bits per heavy atom. The molecular weight excluding hydrogens is 292 g/mol. The largest absolute Gasteiger partial charge is 0.496 e. The van der Waals surface area contributed by atoms with Crippen molar-refractivity contribution in [2.45, 2.75) is 19.9 Å². The summed E-state index contributed by atoms with van der Waals surface area (Å²) in [6, 6.07) is 3.76. The Hall–Kier alpha value is -1.46. The van der Waals surface area contributed by atoms with Crippen molar-refractivity contribution in [3.63, 3.8) is 0 Å². The van der Waals surface area contributed by atoms with E-state index in [4.69, 9.17) is 9.47 Å². The molecule has 0 radical (unpaired) electrons. The quantitative estimate of drug-likeness (QED) is 0.925. The van der Waals surface area contributed by atoms with Gasteiger partial charge in [0.1, 0.15) is 11.5 Å². The van der Waals surface area contributed by atoms with Crippen molar-refractivity contribution in [3.8, 4) is 11.5 Å². The van der Waals surface area contributed by atoms with E-state index in [1.54, 1.807) is 26.4 Å². The second-order valence-corrected chi connectivity index (χ2v) is 5.06. The molecule has 21 heavy (non-hydrogen) atoms. The zero-order valence-corrected chi connectivity index (χ0v) is 13.8. The van der Waals surface area contributed by atoms with Crippen LogP contribution < -0.4 is 14.8 Å². The summed E-state index contributed by atoms with van der Waals surface area (Å²) in [4.78, 5) is 14.5. The molecule has 1 fully saturated rings. The van der Waals surface area contributed by atoms with E-state index >= 15 is 0 Å². The summed E-state index contributed by atoms with van der Waals surface area (Å²) in [7, 11) is 3.20. The van der Waals surface area contributed by atoms with Gasteiger partial charge in [0, 0.05) is 36.8 Å². The molecule has 0 aliphatic carbocycles. The van der Waals surface area contributed by atoms with E-state index in [0.717, 1.165) is 25.2 Å². The number of amides is 1. The molecule has 1 aliphatic rings. The van der Waals surface area contributed by atoms with Gasteiger partial charge in [0.2, 0.25) is 0 Å². The molecule has 1 aliphatic heterocycles. The number of nitrogens with one attached hydrogen (secondary N) is 1. The topological polar surface area (TPSA) is 50.8 Å². The second kappa shape index (κ2) is 7.52. The van der Waals surface area contributed by atoms with Crippen LogP contribution in [0.3, 0.4) is 0 Å². The number of nitrogens with zero attached hydrogens (tertiary/aromatic N) is 1. The van der Waals surface area contributed by atoms with Crippen LogP contribution in [-0.4, -0.2) is 50.7 Å². The predicted molar refractivity (Wildman–Crippen MR) is 84.9 cm³/mol. The van der Waals surface area contributed by atoms with E-state index in [-0.39, 0.29) is 24.4 Å². The lowest BCUT2D eigenvalue weighted by atomic mass is 10.1. The first-order valence-corrected chi connectivity index (χ1v) is 6.82. The first-order chi connectivity index (χ1) is 9.58. The molecule has 118 valence electrons. The van der Waals surface area contributed by atoms with Crippen molar-refractivity contribution in [1.82, 2.24) is 10.2 Å². The zero-order chi connectivity index (χ0) is 14.7. The standard InChI is InChI=1S/C15H22N2O3.ClH/c1-10-9-16-5-6-17(10)15(18)12-7-13(19-3)11(2)14(8-12)20-4;/h7-8,10,16H,5-6,9H2,1-4H3;1H/t10-;/m0./s1. The Bertz CT molecular complexity index is 483. The van der Waals surface area contributed by atoms with E-state index in [2.05, 4.69) is 5.32 Å². The Balaban J connectivity index is 0.00000220. The van der Waals surface area contributed by atoms with Crippen LogP contribution in [0.4, 0.5) is 0 Å². The first kappa shape index (κ1) is 17.6. The molecule has 0 spiro atoms. The Labute approximate surface area is 132 Å². The van der Waals surface area contributed by atoms with E-state index in [0.29, 0.717) is 17.1 Å². The lowest BCUT2D eigenvalue weighted by Crippen LogP contribution is -2.52. The molecule has 1 aromatic rings. The van der Waals surface area contributed by atoms with E-state index in [1.165, 1.54) is 0 Å². The number of rotatable bonds is 3. The number of piperazine rings is 1. The Kier molecular flexibility index (Phi) is 6.30. The second-order valence-electron chi connectivity index (χ2n) is 5.06. The summed E-state index contributed by atoms with van der Waals surface area (Å²) in [6.45, 7) is 6.34. The van der Waals surface area contributed by atoms with Crippen molar-refractivity contribution >= 4 is 18.3 Å². The maximum Gasteiger partial charge on any atom is 0.254 e. The highest BCUT2D eigenvalue weighted by Crippen LogP contribution is 2.30.